The van der Waals surface area contributed by atoms with Crippen molar-refractivity contribution in [3.8, 4) is 0 Å². The quantitative estimate of drug-likeness (QED) is 0.811. The van der Waals surface area contributed by atoms with Gasteiger partial charge in [0.15, 0.2) is 5.82 Å². The van der Waals surface area contributed by atoms with Gasteiger partial charge >= 0.3 is 5.97 Å². The molecule has 0 bridgehead atoms. The number of hydrogen-bond donors (Lipinski definition) is 0. The third-order valence-electron chi connectivity index (χ3n) is 3.94. The molecular formula is C16H19N3O2. The monoisotopic (exact) mass is 285 g/mol. The van der Waals surface area contributed by atoms with Crippen LogP contribution >= 0.6 is 0 Å². The third-order valence-corrected chi connectivity index (χ3v) is 3.94. The third kappa shape index (κ3) is 2.44. The molecule has 3 rings (SSSR count). The molecule has 1 saturated heterocycles. The number of aryl methyl sites for hydroxylation is 1. The molecule has 1 aromatic heterocycles. The molecule has 1 aromatic carbocycles. The summed E-state index contributed by atoms with van der Waals surface area (Å²) in [4.78, 5) is 14.2. The van der Waals surface area contributed by atoms with Crippen LogP contribution in [0.4, 0.5) is 5.82 Å². The Hall–Kier alpha value is -2.17. The van der Waals surface area contributed by atoms with Gasteiger partial charge in [-0.15, -0.1) is 5.10 Å². The Morgan fingerprint density at radius 2 is 2.10 bits per heavy atom. The number of carbonyl (C=O) groups is 1. The van der Waals surface area contributed by atoms with Crippen LogP contribution < -0.4 is 4.90 Å². The summed E-state index contributed by atoms with van der Waals surface area (Å²) in [5, 5.41) is 10.7. The Morgan fingerprint density at radius 3 is 2.86 bits per heavy atom. The summed E-state index contributed by atoms with van der Waals surface area (Å²) in [6, 6.07) is 7.81. The predicted octanol–water partition coefficient (Wildman–Crippen LogP) is 2.47. The van der Waals surface area contributed by atoms with Crippen molar-refractivity contribution in [2.24, 2.45) is 0 Å². The van der Waals surface area contributed by atoms with Gasteiger partial charge in [0.1, 0.15) is 6.04 Å². The molecule has 21 heavy (non-hydrogen) atoms. The van der Waals surface area contributed by atoms with Crippen molar-refractivity contribution in [2.75, 3.05) is 18.1 Å². The van der Waals surface area contributed by atoms with Crippen LogP contribution in [-0.4, -0.2) is 35.4 Å². The van der Waals surface area contributed by atoms with Crippen LogP contribution in [0.15, 0.2) is 24.3 Å². The van der Waals surface area contributed by atoms with Crippen molar-refractivity contribution in [1.82, 2.24) is 10.2 Å². The van der Waals surface area contributed by atoms with E-state index in [0.717, 1.165) is 41.7 Å². The molecule has 1 atom stereocenters. The number of carbonyl (C=O) groups excluding carboxylic acids is 1. The summed E-state index contributed by atoms with van der Waals surface area (Å²) in [6.07, 6.45) is 1.77. The van der Waals surface area contributed by atoms with E-state index < -0.39 is 0 Å². The zero-order valence-corrected chi connectivity index (χ0v) is 12.4. The molecular weight excluding hydrogens is 266 g/mol. The lowest BCUT2D eigenvalue weighted by molar-refractivity contribution is -0.144. The summed E-state index contributed by atoms with van der Waals surface area (Å²) >= 11 is 0. The minimum Gasteiger partial charge on any atom is -0.464 e. The summed E-state index contributed by atoms with van der Waals surface area (Å²) in [7, 11) is 0. The number of nitrogens with zero attached hydrogens (tertiary/aromatic N) is 3. The van der Waals surface area contributed by atoms with E-state index in [1.807, 2.05) is 43.0 Å². The fourth-order valence-corrected chi connectivity index (χ4v) is 2.94. The number of ether oxygens (including phenoxy) is 1. The molecule has 2 aromatic rings. The van der Waals surface area contributed by atoms with Crippen molar-refractivity contribution >= 4 is 22.6 Å². The van der Waals surface area contributed by atoms with E-state index in [2.05, 4.69) is 10.2 Å². The van der Waals surface area contributed by atoms with E-state index in [4.69, 9.17) is 4.74 Å². The number of anilines is 1. The first kappa shape index (κ1) is 13.8. The minimum atomic E-state index is -0.245. The lowest BCUT2D eigenvalue weighted by Crippen LogP contribution is -2.38. The van der Waals surface area contributed by atoms with Gasteiger partial charge in [-0.25, -0.2) is 4.79 Å². The highest BCUT2D eigenvalue weighted by molar-refractivity contribution is 5.95. The molecule has 1 aliphatic heterocycles. The van der Waals surface area contributed by atoms with Gasteiger partial charge in [-0.05, 0) is 26.7 Å². The number of rotatable bonds is 3. The Balaban J connectivity index is 2.03. The van der Waals surface area contributed by atoms with Crippen LogP contribution in [-0.2, 0) is 9.53 Å². The van der Waals surface area contributed by atoms with E-state index in [9.17, 15) is 4.79 Å². The van der Waals surface area contributed by atoms with Crippen molar-refractivity contribution in [3.63, 3.8) is 0 Å². The standard InChI is InChI=1S/C16H19N3O2/c1-3-21-16(20)14-9-6-10-19(14)15-13-8-5-4-7-12(13)11(2)17-18-15/h4-5,7-8,14H,3,6,9-10H2,1-2H3. The van der Waals surface area contributed by atoms with Gasteiger partial charge in [-0.3, -0.25) is 0 Å². The maximum atomic E-state index is 12.1. The van der Waals surface area contributed by atoms with Gasteiger partial charge in [0, 0.05) is 17.3 Å². The number of esters is 1. The van der Waals surface area contributed by atoms with Crippen LogP contribution in [0.3, 0.4) is 0 Å². The zero-order valence-electron chi connectivity index (χ0n) is 12.4. The molecule has 2 heterocycles. The number of hydrogen-bond acceptors (Lipinski definition) is 5. The van der Waals surface area contributed by atoms with Crippen molar-refractivity contribution in [3.05, 3.63) is 30.0 Å². The molecule has 0 spiro atoms. The molecule has 0 aliphatic carbocycles. The van der Waals surface area contributed by atoms with E-state index in [0.29, 0.717) is 6.61 Å². The van der Waals surface area contributed by atoms with Crippen LogP contribution in [0.5, 0.6) is 0 Å². The average Bonchev–Trinajstić information content (AvgIpc) is 2.97. The number of aromatic nitrogens is 2. The molecule has 5 heteroatoms. The minimum absolute atomic E-state index is 0.165. The first-order chi connectivity index (χ1) is 10.2. The smallest absolute Gasteiger partial charge is 0.328 e. The second kappa shape index (κ2) is 5.68. The average molecular weight is 285 g/mol. The van der Waals surface area contributed by atoms with E-state index in [1.54, 1.807) is 0 Å². The van der Waals surface area contributed by atoms with E-state index in [-0.39, 0.29) is 12.0 Å². The zero-order chi connectivity index (χ0) is 14.8. The van der Waals surface area contributed by atoms with Crippen LogP contribution in [0, 0.1) is 6.92 Å². The molecule has 1 unspecified atom stereocenters. The van der Waals surface area contributed by atoms with Gasteiger partial charge in [0.25, 0.3) is 0 Å². The van der Waals surface area contributed by atoms with Crippen LogP contribution in [0.1, 0.15) is 25.5 Å². The fraction of sp³-hybridized carbons (Fsp3) is 0.438. The highest BCUT2D eigenvalue weighted by Gasteiger charge is 2.33. The Kier molecular flexibility index (Phi) is 3.73. The second-order valence-electron chi connectivity index (χ2n) is 5.26. The fourth-order valence-electron chi connectivity index (χ4n) is 2.94. The Morgan fingerprint density at radius 1 is 1.33 bits per heavy atom. The first-order valence-electron chi connectivity index (χ1n) is 7.37. The second-order valence-corrected chi connectivity index (χ2v) is 5.26. The van der Waals surface area contributed by atoms with Crippen molar-refractivity contribution in [2.45, 2.75) is 32.7 Å². The van der Waals surface area contributed by atoms with Gasteiger partial charge in [-0.1, -0.05) is 24.3 Å². The summed E-state index contributed by atoms with van der Waals surface area (Å²) in [5.41, 5.74) is 0.904. The molecule has 1 aliphatic rings. The van der Waals surface area contributed by atoms with E-state index >= 15 is 0 Å². The normalized spacial score (nSPS) is 18.2. The lowest BCUT2D eigenvalue weighted by Gasteiger charge is -2.25. The van der Waals surface area contributed by atoms with Gasteiger partial charge in [0.05, 0.1) is 12.3 Å². The Bertz CT molecular complexity index is 672. The molecule has 0 N–H and O–H groups in total. The lowest BCUT2D eigenvalue weighted by atomic mass is 10.1. The molecule has 0 amide bonds. The number of benzene rings is 1. The highest BCUT2D eigenvalue weighted by Crippen LogP contribution is 2.31. The number of fused-ring (bicyclic) bond motifs is 1. The van der Waals surface area contributed by atoms with Crippen LogP contribution in [0.25, 0.3) is 10.8 Å². The maximum Gasteiger partial charge on any atom is 0.328 e. The van der Waals surface area contributed by atoms with Crippen LogP contribution in [0.2, 0.25) is 0 Å². The summed E-state index contributed by atoms with van der Waals surface area (Å²) in [5.74, 6) is 0.619. The van der Waals surface area contributed by atoms with Gasteiger partial charge in [0.2, 0.25) is 0 Å². The van der Waals surface area contributed by atoms with Gasteiger partial charge in [-0.2, -0.15) is 5.10 Å². The SMILES string of the molecule is CCOC(=O)C1CCCN1c1nnc(C)c2ccccc12. The largest absolute Gasteiger partial charge is 0.464 e. The Labute approximate surface area is 123 Å². The maximum absolute atomic E-state index is 12.1. The topological polar surface area (TPSA) is 55.3 Å². The van der Waals surface area contributed by atoms with E-state index in [1.165, 1.54) is 0 Å². The molecule has 1 fully saturated rings. The molecule has 0 radical (unpaired) electrons. The van der Waals surface area contributed by atoms with Gasteiger partial charge < -0.3 is 9.64 Å². The summed E-state index contributed by atoms with van der Waals surface area (Å²) in [6.45, 7) is 5.00. The van der Waals surface area contributed by atoms with Crippen molar-refractivity contribution in [1.29, 1.82) is 0 Å². The first-order valence-corrected chi connectivity index (χ1v) is 7.37. The van der Waals surface area contributed by atoms with Crippen molar-refractivity contribution < 1.29 is 9.53 Å². The molecule has 0 saturated carbocycles. The molecule has 110 valence electrons. The summed E-state index contributed by atoms with van der Waals surface area (Å²) < 4.78 is 5.18. The molecule has 5 nitrogen and oxygen atoms in total. The predicted molar refractivity (Wildman–Crippen MR) is 81.3 cm³/mol. The highest BCUT2D eigenvalue weighted by atomic mass is 16.5.